The van der Waals surface area contributed by atoms with E-state index in [4.69, 9.17) is 0 Å². The van der Waals surface area contributed by atoms with Crippen molar-refractivity contribution in [2.45, 2.75) is 13.0 Å². The number of benzene rings is 1. The van der Waals surface area contributed by atoms with Crippen LogP contribution in [0.25, 0.3) is 0 Å². The number of rotatable bonds is 5. The number of carbonyl (C=O) groups is 1. The Morgan fingerprint density at radius 2 is 2.08 bits per heavy atom. The Bertz CT molecular complexity index is 656. The quantitative estimate of drug-likeness (QED) is 0.490. The predicted molar refractivity (Wildman–Crippen MR) is 89.5 cm³/mol. The van der Waals surface area contributed by atoms with Gasteiger partial charge < -0.3 is 10.1 Å². The van der Waals surface area contributed by atoms with E-state index in [-0.39, 0.29) is 11.3 Å². The Morgan fingerprint density at radius 1 is 1.38 bits per heavy atom. The molecule has 4 rings (SSSR count). The molecule has 0 aromatic heterocycles. The van der Waals surface area contributed by atoms with Gasteiger partial charge in [0, 0.05) is 56.6 Å². The molecule has 1 aromatic carbocycles. The van der Waals surface area contributed by atoms with Gasteiger partial charge in [-0.1, -0.05) is 0 Å². The molecule has 24 heavy (non-hydrogen) atoms. The molecule has 0 saturated carbocycles. The van der Waals surface area contributed by atoms with Gasteiger partial charge in [0.25, 0.3) is 5.69 Å². The highest BCUT2D eigenvalue weighted by Crippen LogP contribution is 2.28. The first kappa shape index (κ1) is 16.7. The number of nitro groups is 1. The van der Waals surface area contributed by atoms with Crippen molar-refractivity contribution in [1.82, 2.24) is 9.80 Å². The van der Waals surface area contributed by atoms with Gasteiger partial charge in [0.05, 0.1) is 12.0 Å². The van der Waals surface area contributed by atoms with Gasteiger partial charge >= 0.3 is 5.97 Å². The molecule has 3 heterocycles. The van der Waals surface area contributed by atoms with Gasteiger partial charge in [-0.3, -0.25) is 19.9 Å². The summed E-state index contributed by atoms with van der Waals surface area (Å²) in [5, 5.41) is 14.6. The van der Waals surface area contributed by atoms with Crippen LogP contribution in [-0.4, -0.2) is 73.1 Å². The van der Waals surface area contributed by atoms with Gasteiger partial charge in [-0.05, 0) is 19.1 Å². The maximum absolute atomic E-state index is 11.9. The summed E-state index contributed by atoms with van der Waals surface area (Å²) in [5.41, 5.74) is 0.939. The number of nitrogens with one attached hydrogen (secondary N) is 1. The summed E-state index contributed by atoms with van der Waals surface area (Å²) < 4.78 is 4.69. The number of aryl methyl sites for hydroxylation is 1. The number of esters is 1. The molecular formula is C16H22N4O4. The maximum atomic E-state index is 11.9. The van der Waals surface area contributed by atoms with Crippen molar-refractivity contribution in [3.8, 4) is 0 Å². The van der Waals surface area contributed by atoms with Crippen molar-refractivity contribution in [2.24, 2.45) is 0 Å². The Morgan fingerprint density at radius 3 is 2.62 bits per heavy atom. The molecule has 1 aromatic rings. The number of fused-ring (bicyclic) bond motifs is 3. The van der Waals surface area contributed by atoms with E-state index in [1.54, 1.807) is 13.0 Å². The average Bonchev–Trinajstić information content (AvgIpc) is 2.59. The van der Waals surface area contributed by atoms with Gasteiger partial charge in [-0.15, -0.1) is 0 Å². The lowest BCUT2D eigenvalue weighted by Crippen LogP contribution is -2.62. The highest BCUT2D eigenvalue weighted by Gasteiger charge is 2.31. The Labute approximate surface area is 140 Å². The van der Waals surface area contributed by atoms with E-state index >= 15 is 0 Å². The van der Waals surface area contributed by atoms with Crippen molar-refractivity contribution in [2.75, 3.05) is 51.7 Å². The molecule has 3 aliphatic heterocycles. The van der Waals surface area contributed by atoms with Crippen LogP contribution in [0.4, 0.5) is 11.4 Å². The van der Waals surface area contributed by atoms with E-state index < -0.39 is 10.9 Å². The molecular weight excluding hydrogens is 312 g/mol. The zero-order valence-corrected chi connectivity index (χ0v) is 13.9. The fraction of sp³-hybridized carbons (Fsp3) is 0.562. The van der Waals surface area contributed by atoms with Crippen LogP contribution in [0, 0.1) is 17.0 Å². The molecule has 0 spiro atoms. The standard InChI is InChI=1S/C16H22N4O4/c1-11-7-12(8-14(16(21)24-2)15(11)20(22)23)17-9-13-10-18-3-5-19(13)6-4-18/h7-8,13,17H,3-6,9-10H2,1-2H3. The van der Waals surface area contributed by atoms with E-state index in [1.165, 1.54) is 13.2 Å². The summed E-state index contributed by atoms with van der Waals surface area (Å²) in [6, 6.07) is 3.64. The molecule has 0 radical (unpaired) electrons. The molecule has 8 heteroatoms. The molecule has 0 amide bonds. The van der Waals surface area contributed by atoms with Crippen LogP contribution in [0.15, 0.2) is 12.1 Å². The fourth-order valence-electron chi connectivity index (χ4n) is 3.54. The lowest BCUT2D eigenvalue weighted by molar-refractivity contribution is -0.385. The molecule has 3 fully saturated rings. The van der Waals surface area contributed by atoms with Crippen molar-refractivity contribution < 1.29 is 14.5 Å². The van der Waals surface area contributed by atoms with Gasteiger partial charge in [0.2, 0.25) is 0 Å². The Hall–Kier alpha value is -2.19. The second-order valence-electron chi connectivity index (χ2n) is 6.31. The van der Waals surface area contributed by atoms with Crippen LogP contribution in [-0.2, 0) is 4.74 Å². The second kappa shape index (κ2) is 6.74. The van der Waals surface area contributed by atoms with Crippen LogP contribution in [0.5, 0.6) is 0 Å². The molecule has 8 nitrogen and oxygen atoms in total. The summed E-state index contributed by atoms with van der Waals surface area (Å²) in [5.74, 6) is -0.694. The summed E-state index contributed by atoms with van der Waals surface area (Å²) in [6.45, 7) is 7.82. The molecule has 2 bridgehead atoms. The fourth-order valence-corrected chi connectivity index (χ4v) is 3.54. The monoisotopic (exact) mass is 334 g/mol. The SMILES string of the molecule is COC(=O)c1cc(NCC2CN3CCN2CC3)cc(C)c1[N+](=O)[O-]. The topological polar surface area (TPSA) is 88.0 Å². The average molecular weight is 334 g/mol. The first-order valence-corrected chi connectivity index (χ1v) is 8.07. The predicted octanol–water partition coefficient (Wildman–Crippen LogP) is 1.10. The summed E-state index contributed by atoms with van der Waals surface area (Å²) >= 11 is 0. The van der Waals surface area contributed by atoms with Crippen molar-refractivity contribution in [1.29, 1.82) is 0 Å². The number of nitro benzene ring substituents is 1. The van der Waals surface area contributed by atoms with Crippen molar-refractivity contribution in [3.05, 3.63) is 33.4 Å². The van der Waals surface area contributed by atoms with Crippen molar-refractivity contribution >= 4 is 17.3 Å². The van der Waals surface area contributed by atoms with Crippen LogP contribution >= 0.6 is 0 Å². The lowest BCUT2D eigenvalue weighted by atomic mass is 10.1. The zero-order chi connectivity index (χ0) is 17.3. The minimum Gasteiger partial charge on any atom is -0.465 e. The first-order valence-electron chi connectivity index (χ1n) is 8.07. The minimum absolute atomic E-state index is 0.0146. The highest BCUT2D eigenvalue weighted by atomic mass is 16.6. The maximum Gasteiger partial charge on any atom is 0.344 e. The number of carbonyl (C=O) groups excluding carboxylic acids is 1. The molecule has 1 N–H and O–H groups in total. The molecule has 0 aliphatic carbocycles. The van der Waals surface area contributed by atoms with E-state index in [9.17, 15) is 14.9 Å². The van der Waals surface area contributed by atoms with Gasteiger partial charge in [0.15, 0.2) is 0 Å². The van der Waals surface area contributed by atoms with Crippen LogP contribution in [0.3, 0.4) is 0 Å². The number of ether oxygens (including phenoxy) is 1. The Kier molecular flexibility index (Phi) is 4.68. The summed E-state index contributed by atoms with van der Waals surface area (Å²) in [6.07, 6.45) is 0. The third-order valence-electron chi connectivity index (χ3n) is 4.82. The smallest absolute Gasteiger partial charge is 0.344 e. The van der Waals surface area contributed by atoms with Gasteiger partial charge in [-0.2, -0.15) is 0 Å². The zero-order valence-electron chi connectivity index (χ0n) is 13.9. The largest absolute Gasteiger partial charge is 0.465 e. The number of piperazine rings is 3. The highest BCUT2D eigenvalue weighted by molar-refractivity contribution is 5.95. The molecule has 3 aliphatic rings. The number of nitrogens with zero attached hydrogens (tertiary/aromatic N) is 3. The first-order chi connectivity index (χ1) is 11.5. The molecule has 1 unspecified atom stereocenters. The number of methoxy groups -OCH3 is 1. The van der Waals surface area contributed by atoms with E-state index in [1.807, 2.05) is 0 Å². The van der Waals surface area contributed by atoms with Crippen molar-refractivity contribution in [3.63, 3.8) is 0 Å². The number of hydrogen-bond acceptors (Lipinski definition) is 7. The van der Waals surface area contributed by atoms with Gasteiger partial charge in [-0.25, -0.2) is 4.79 Å². The van der Waals surface area contributed by atoms with Gasteiger partial charge in [0.1, 0.15) is 5.56 Å². The van der Waals surface area contributed by atoms with E-state index in [0.717, 1.165) is 39.3 Å². The minimum atomic E-state index is -0.694. The van der Waals surface area contributed by atoms with E-state index in [0.29, 0.717) is 17.3 Å². The second-order valence-corrected chi connectivity index (χ2v) is 6.31. The van der Waals surface area contributed by atoms with E-state index in [2.05, 4.69) is 19.9 Å². The third-order valence-corrected chi connectivity index (χ3v) is 4.82. The lowest BCUT2D eigenvalue weighted by Gasteiger charge is -2.47. The molecule has 1 atom stereocenters. The third kappa shape index (κ3) is 3.20. The van der Waals surface area contributed by atoms with Crippen LogP contribution < -0.4 is 5.32 Å². The summed E-state index contributed by atoms with van der Waals surface area (Å²) in [4.78, 5) is 27.5. The van der Waals surface area contributed by atoms with Crippen LogP contribution in [0.2, 0.25) is 0 Å². The summed E-state index contributed by atoms with van der Waals surface area (Å²) in [7, 11) is 1.22. The number of hydrogen-bond donors (Lipinski definition) is 1. The molecule has 130 valence electrons. The van der Waals surface area contributed by atoms with Crippen LogP contribution in [0.1, 0.15) is 15.9 Å². The number of anilines is 1. The molecule has 3 saturated heterocycles. The normalized spacial score (nSPS) is 25.3. The Balaban J connectivity index is 1.77.